The zero-order valence-corrected chi connectivity index (χ0v) is 15.4. The van der Waals surface area contributed by atoms with Gasteiger partial charge in [-0.1, -0.05) is 43.2 Å². The minimum atomic E-state index is -0.286. The zero-order chi connectivity index (χ0) is 17.6. The number of benzene rings is 1. The molecular formula is C21H32N2O2. The van der Waals surface area contributed by atoms with Gasteiger partial charge in [0.15, 0.2) is 0 Å². The lowest BCUT2D eigenvalue weighted by molar-refractivity contribution is -0.124. The maximum atomic E-state index is 12.4. The topological polar surface area (TPSA) is 52.6 Å². The average Bonchev–Trinajstić information content (AvgIpc) is 2.60. The molecule has 3 rings (SSSR count). The van der Waals surface area contributed by atoms with Crippen molar-refractivity contribution in [2.45, 2.75) is 76.6 Å². The van der Waals surface area contributed by atoms with E-state index in [4.69, 9.17) is 0 Å². The maximum absolute atomic E-state index is 12.4. The summed E-state index contributed by atoms with van der Waals surface area (Å²) in [4.78, 5) is 14.9. The molecule has 1 heterocycles. The van der Waals surface area contributed by atoms with Crippen LogP contribution in [-0.2, 0) is 11.3 Å². The number of aliphatic hydroxyl groups is 1. The Balaban J connectivity index is 1.43. The number of amides is 1. The van der Waals surface area contributed by atoms with E-state index in [9.17, 15) is 9.90 Å². The second-order valence-electron chi connectivity index (χ2n) is 7.91. The first-order valence-corrected chi connectivity index (χ1v) is 9.87. The van der Waals surface area contributed by atoms with Gasteiger partial charge in [-0.15, -0.1) is 0 Å². The van der Waals surface area contributed by atoms with Crippen LogP contribution in [-0.4, -0.2) is 40.6 Å². The van der Waals surface area contributed by atoms with Crippen LogP contribution in [0.4, 0.5) is 0 Å². The van der Waals surface area contributed by atoms with Crippen molar-refractivity contribution >= 4 is 5.91 Å². The van der Waals surface area contributed by atoms with Gasteiger partial charge in [0.2, 0.25) is 5.91 Å². The highest BCUT2D eigenvalue weighted by molar-refractivity contribution is 5.76. The zero-order valence-electron chi connectivity index (χ0n) is 15.4. The lowest BCUT2D eigenvalue weighted by Crippen LogP contribution is -2.49. The number of rotatable bonds is 5. The van der Waals surface area contributed by atoms with Crippen LogP contribution < -0.4 is 5.32 Å². The Kier molecular flexibility index (Phi) is 6.49. The molecule has 2 fully saturated rings. The van der Waals surface area contributed by atoms with Gasteiger partial charge in [-0.05, 0) is 44.1 Å². The number of nitrogens with zero attached hydrogens (tertiary/aromatic N) is 1. The molecule has 1 amide bonds. The third kappa shape index (κ3) is 5.29. The van der Waals surface area contributed by atoms with Crippen molar-refractivity contribution in [1.29, 1.82) is 0 Å². The van der Waals surface area contributed by atoms with E-state index in [2.05, 4.69) is 47.5 Å². The second kappa shape index (κ2) is 8.81. The van der Waals surface area contributed by atoms with Crippen LogP contribution in [0.2, 0.25) is 0 Å². The van der Waals surface area contributed by atoms with Gasteiger partial charge >= 0.3 is 0 Å². The molecule has 2 unspecified atom stereocenters. The van der Waals surface area contributed by atoms with Gasteiger partial charge in [-0.3, -0.25) is 9.69 Å². The highest BCUT2D eigenvalue weighted by Crippen LogP contribution is 2.27. The molecule has 1 saturated heterocycles. The Morgan fingerprint density at radius 3 is 2.68 bits per heavy atom. The van der Waals surface area contributed by atoms with Crippen molar-refractivity contribution in [1.82, 2.24) is 10.2 Å². The summed E-state index contributed by atoms with van der Waals surface area (Å²) in [6.45, 7) is 4.26. The van der Waals surface area contributed by atoms with Crippen molar-refractivity contribution in [2.75, 3.05) is 6.54 Å². The Hall–Kier alpha value is -1.39. The molecule has 1 aromatic rings. The summed E-state index contributed by atoms with van der Waals surface area (Å²) in [5, 5.41) is 13.3. The van der Waals surface area contributed by atoms with Gasteiger partial charge in [0, 0.05) is 31.6 Å². The number of carbonyl (C=O) groups is 1. The SMILES string of the molecule is CC1CC(NC(=O)C[C@@H]2CCCC[C@H]2O)CCN1Cc1ccccc1. The van der Waals surface area contributed by atoms with Crippen molar-refractivity contribution in [3.63, 3.8) is 0 Å². The molecule has 1 aliphatic heterocycles. The minimum Gasteiger partial charge on any atom is -0.393 e. The predicted molar refractivity (Wildman–Crippen MR) is 100 cm³/mol. The number of carbonyl (C=O) groups excluding carboxylic acids is 1. The van der Waals surface area contributed by atoms with Crippen LogP contribution in [0.15, 0.2) is 30.3 Å². The maximum Gasteiger partial charge on any atom is 0.220 e. The van der Waals surface area contributed by atoms with E-state index in [0.29, 0.717) is 12.5 Å². The molecule has 4 heteroatoms. The second-order valence-corrected chi connectivity index (χ2v) is 7.91. The van der Waals surface area contributed by atoms with Crippen LogP contribution in [0.3, 0.4) is 0 Å². The van der Waals surface area contributed by atoms with Crippen LogP contribution in [0.5, 0.6) is 0 Å². The third-order valence-electron chi connectivity index (χ3n) is 5.92. The Bertz CT molecular complexity index is 548. The molecule has 1 aromatic carbocycles. The summed E-state index contributed by atoms with van der Waals surface area (Å²) in [6, 6.07) is 11.3. The Labute approximate surface area is 151 Å². The standard InChI is InChI=1S/C21H32N2O2/c1-16-13-19(11-12-23(16)15-17-7-3-2-4-8-17)22-21(25)14-18-9-5-6-10-20(18)24/h2-4,7-8,16,18-20,24H,5-6,9-15H2,1H3,(H,22,25)/t16?,18-,19?,20+/m0/s1. The van der Waals surface area contributed by atoms with Crippen molar-refractivity contribution in [2.24, 2.45) is 5.92 Å². The summed E-state index contributed by atoms with van der Waals surface area (Å²) in [5.41, 5.74) is 1.35. The first-order valence-electron chi connectivity index (χ1n) is 9.87. The fraction of sp³-hybridized carbons (Fsp3) is 0.667. The largest absolute Gasteiger partial charge is 0.393 e. The molecule has 2 aliphatic rings. The van der Waals surface area contributed by atoms with E-state index in [1.807, 2.05) is 0 Å². The van der Waals surface area contributed by atoms with Gasteiger partial charge in [0.05, 0.1) is 6.10 Å². The first-order chi connectivity index (χ1) is 12.1. The molecule has 4 nitrogen and oxygen atoms in total. The number of aliphatic hydroxyl groups excluding tert-OH is 1. The van der Waals surface area contributed by atoms with Crippen LogP contribution >= 0.6 is 0 Å². The van der Waals surface area contributed by atoms with Crippen molar-refractivity contribution in [3.8, 4) is 0 Å². The molecule has 0 aromatic heterocycles. The van der Waals surface area contributed by atoms with Gasteiger partial charge in [0.1, 0.15) is 0 Å². The van der Waals surface area contributed by atoms with Crippen LogP contribution in [0, 0.1) is 5.92 Å². The van der Waals surface area contributed by atoms with E-state index in [1.54, 1.807) is 0 Å². The molecule has 0 radical (unpaired) electrons. The van der Waals surface area contributed by atoms with E-state index in [-0.39, 0.29) is 24.0 Å². The van der Waals surface area contributed by atoms with Gasteiger partial charge in [-0.2, -0.15) is 0 Å². The minimum absolute atomic E-state index is 0.125. The number of piperidine rings is 1. The van der Waals surface area contributed by atoms with E-state index >= 15 is 0 Å². The molecule has 4 atom stereocenters. The van der Waals surface area contributed by atoms with Crippen molar-refractivity contribution < 1.29 is 9.90 Å². The first kappa shape index (κ1) is 18.4. The van der Waals surface area contributed by atoms with E-state index < -0.39 is 0 Å². The molecule has 1 saturated carbocycles. The highest BCUT2D eigenvalue weighted by atomic mass is 16.3. The fourth-order valence-electron chi connectivity index (χ4n) is 4.36. The molecule has 0 spiro atoms. The number of hydrogen-bond donors (Lipinski definition) is 2. The van der Waals surface area contributed by atoms with Crippen LogP contribution in [0.25, 0.3) is 0 Å². The molecule has 25 heavy (non-hydrogen) atoms. The smallest absolute Gasteiger partial charge is 0.220 e. The molecule has 1 aliphatic carbocycles. The summed E-state index contributed by atoms with van der Waals surface area (Å²) in [6.07, 6.45) is 6.29. The monoisotopic (exact) mass is 344 g/mol. The van der Waals surface area contributed by atoms with Gasteiger partial charge in [-0.25, -0.2) is 0 Å². The summed E-state index contributed by atoms with van der Waals surface area (Å²) in [5.74, 6) is 0.281. The lowest BCUT2D eigenvalue weighted by atomic mass is 9.84. The summed E-state index contributed by atoms with van der Waals surface area (Å²) < 4.78 is 0. The van der Waals surface area contributed by atoms with Gasteiger partial charge < -0.3 is 10.4 Å². The predicted octanol–water partition coefficient (Wildman–Crippen LogP) is 3.10. The highest BCUT2D eigenvalue weighted by Gasteiger charge is 2.29. The Morgan fingerprint density at radius 1 is 1.20 bits per heavy atom. The molecule has 138 valence electrons. The summed E-state index contributed by atoms with van der Waals surface area (Å²) >= 11 is 0. The third-order valence-corrected chi connectivity index (χ3v) is 5.92. The normalized spacial score (nSPS) is 30.8. The molecule has 2 N–H and O–H groups in total. The summed E-state index contributed by atoms with van der Waals surface area (Å²) in [7, 11) is 0. The van der Waals surface area contributed by atoms with Crippen molar-refractivity contribution in [3.05, 3.63) is 35.9 Å². The Morgan fingerprint density at radius 2 is 1.96 bits per heavy atom. The molecular weight excluding hydrogens is 312 g/mol. The number of likely N-dealkylation sites (tertiary alicyclic amines) is 1. The van der Waals surface area contributed by atoms with E-state index in [1.165, 1.54) is 5.56 Å². The number of hydrogen-bond acceptors (Lipinski definition) is 3. The number of nitrogens with one attached hydrogen (secondary N) is 1. The van der Waals surface area contributed by atoms with Gasteiger partial charge in [0.25, 0.3) is 0 Å². The average molecular weight is 344 g/mol. The lowest BCUT2D eigenvalue weighted by Gasteiger charge is -2.38. The van der Waals surface area contributed by atoms with Crippen LogP contribution in [0.1, 0.15) is 57.4 Å². The fourth-order valence-corrected chi connectivity index (χ4v) is 4.36. The molecule has 0 bridgehead atoms. The quantitative estimate of drug-likeness (QED) is 0.863. The van der Waals surface area contributed by atoms with E-state index in [0.717, 1.165) is 51.6 Å².